The summed E-state index contributed by atoms with van der Waals surface area (Å²) < 4.78 is 5.33. The van der Waals surface area contributed by atoms with Crippen molar-refractivity contribution in [3.05, 3.63) is 23.3 Å². The van der Waals surface area contributed by atoms with Gasteiger partial charge in [0.05, 0.1) is 7.11 Å². The van der Waals surface area contributed by atoms with E-state index in [0.29, 0.717) is 5.92 Å². The van der Waals surface area contributed by atoms with E-state index in [9.17, 15) is 0 Å². The Morgan fingerprint density at radius 1 is 1.36 bits per heavy atom. The van der Waals surface area contributed by atoms with Gasteiger partial charge in [-0.1, -0.05) is 20.8 Å². The first-order valence-corrected chi connectivity index (χ1v) is 5.06. The molecule has 0 aliphatic carbocycles. The van der Waals surface area contributed by atoms with Gasteiger partial charge in [-0.15, -0.1) is 0 Å². The molecule has 0 radical (unpaired) electrons. The number of rotatable bonds is 3. The summed E-state index contributed by atoms with van der Waals surface area (Å²) in [6.07, 6.45) is 0.950. The van der Waals surface area contributed by atoms with Gasteiger partial charge in [0.25, 0.3) is 0 Å². The predicted octanol–water partition coefficient (Wildman–Crippen LogP) is 2.96. The Morgan fingerprint density at radius 2 is 2.00 bits per heavy atom. The van der Waals surface area contributed by atoms with Crippen LogP contribution >= 0.6 is 0 Å². The molecule has 0 spiro atoms. The molecule has 14 heavy (non-hydrogen) atoms. The first kappa shape index (κ1) is 10.9. The highest BCUT2D eigenvalue weighted by Gasteiger charge is 2.09. The third-order valence-electron chi connectivity index (χ3n) is 2.49. The fraction of sp³-hybridized carbons (Fsp3) is 0.500. The number of hydrogen-bond donors (Lipinski definition) is 1. The van der Waals surface area contributed by atoms with Crippen molar-refractivity contribution < 1.29 is 4.74 Å². The van der Waals surface area contributed by atoms with Crippen LogP contribution in [0.5, 0.6) is 5.75 Å². The Hall–Kier alpha value is -1.18. The van der Waals surface area contributed by atoms with Gasteiger partial charge in [-0.2, -0.15) is 0 Å². The highest BCUT2D eigenvalue weighted by molar-refractivity contribution is 5.56. The van der Waals surface area contributed by atoms with E-state index >= 15 is 0 Å². The highest BCUT2D eigenvalue weighted by atomic mass is 16.5. The molecule has 0 fully saturated rings. The van der Waals surface area contributed by atoms with Crippen LogP contribution in [0.4, 0.5) is 5.69 Å². The summed E-state index contributed by atoms with van der Waals surface area (Å²) >= 11 is 0. The summed E-state index contributed by atoms with van der Waals surface area (Å²) in [7, 11) is 1.70. The lowest BCUT2D eigenvalue weighted by Gasteiger charge is -2.14. The van der Waals surface area contributed by atoms with Crippen molar-refractivity contribution in [2.75, 3.05) is 12.8 Å². The molecule has 0 aliphatic heterocycles. The molecule has 2 nitrogen and oxygen atoms in total. The van der Waals surface area contributed by atoms with Gasteiger partial charge in [0, 0.05) is 5.69 Å². The van der Waals surface area contributed by atoms with E-state index in [0.717, 1.165) is 17.9 Å². The molecular weight excluding hydrogens is 174 g/mol. The molecule has 0 atom stereocenters. The van der Waals surface area contributed by atoms with Crippen molar-refractivity contribution in [2.24, 2.45) is 0 Å². The maximum absolute atomic E-state index is 5.97. The molecule has 0 saturated heterocycles. The molecule has 0 aromatic heterocycles. The zero-order valence-corrected chi connectivity index (χ0v) is 9.42. The van der Waals surface area contributed by atoms with Crippen molar-refractivity contribution in [2.45, 2.75) is 33.1 Å². The largest absolute Gasteiger partial charge is 0.496 e. The molecule has 0 bridgehead atoms. The summed E-state index contributed by atoms with van der Waals surface area (Å²) in [5.41, 5.74) is 9.18. The van der Waals surface area contributed by atoms with Gasteiger partial charge in [-0.05, 0) is 35.6 Å². The Labute approximate surface area is 86.1 Å². The van der Waals surface area contributed by atoms with Crippen LogP contribution in [0, 0.1) is 0 Å². The molecule has 78 valence electrons. The van der Waals surface area contributed by atoms with Gasteiger partial charge >= 0.3 is 0 Å². The molecular formula is C12H19NO. The molecule has 0 aliphatic rings. The number of hydrogen-bond acceptors (Lipinski definition) is 2. The monoisotopic (exact) mass is 193 g/mol. The van der Waals surface area contributed by atoms with E-state index in [1.807, 2.05) is 6.07 Å². The van der Waals surface area contributed by atoms with Gasteiger partial charge in [0.2, 0.25) is 0 Å². The summed E-state index contributed by atoms with van der Waals surface area (Å²) in [5.74, 6) is 1.39. The lowest BCUT2D eigenvalue weighted by molar-refractivity contribution is 0.409. The van der Waals surface area contributed by atoms with Gasteiger partial charge < -0.3 is 10.5 Å². The van der Waals surface area contributed by atoms with Gasteiger partial charge in [-0.25, -0.2) is 0 Å². The number of nitrogen functional groups attached to an aromatic ring is 1. The number of ether oxygens (including phenoxy) is 1. The zero-order valence-electron chi connectivity index (χ0n) is 9.42. The fourth-order valence-corrected chi connectivity index (χ4v) is 1.63. The minimum absolute atomic E-state index is 0.440. The van der Waals surface area contributed by atoms with Gasteiger partial charge in [0.1, 0.15) is 5.75 Å². The fourth-order valence-electron chi connectivity index (χ4n) is 1.63. The molecule has 0 heterocycles. The number of anilines is 1. The van der Waals surface area contributed by atoms with E-state index in [4.69, 9.17) is 10.5 Å². The average molecular weight is 193 g/mol. The maximum Gasteiger partial charge on any atom is 0.122 e. The molecule has 0 saturated carbocycles. The van der Waals surface area contributed by atoms with Crippen molar-refractivity contribution in [3.63, 3.8) is 0 Å². The lowest BCUT2D eigenvalue weighted by Crippen LogP contribution is -2.00. The molecule has 1 aromatic carbocycles. The van der Waals surface area contributed by atoms with Crippen LogP contribution < -0.4 is 10.5 Å². The van der Waals surface area contributed by atoms with Crippen LogP contribution in [-0.4, -0.2) is 7.11 Å². The lowest BCUT2D eigenvalue weighted by atomic mass is 9.98. The van der Waals surface area contributed by atoms with Crippen molar-refractivity contribution in [1.29, 1.82) is 0 Å². The van der Waals surface area contributed by atoms with E-state index in [1.54, 1.807) is 7.11 Å². The third kappa shape index (κ3) is 2.00. The van der Waals surface area contributed by atoms with Crippen molar-refractivity contribution in [3.8, 4) is 5.75 Å². The SMILES string of the molecule is CCc1cc(N)c(C(C)C)cc1OC. The van der Waals surface area contributed by atoms with E-state index in [1.165, 1.54) is 11.1 Å². The zero-order chi connectivity index (χ0) is 10.7. The average Bonchev–Trinajstić information content (AvgIpc) is 2.16. The van der Waals surface area contributed by atoms with E-state index < -0.39 is 0 Å². The standard InChI is InChI=1S/C12H19NO/c1-5-9-6-11(13)10(8(2)3)7-12(9)14-4/h6-8H,5,13H2,1-4H3. The minimum atomic E-state index is 0.440. The second-order valence-electron chi connectivity index (χ2n) is 3.80. The second-order valence-corrected chi connectivity index (χ2v) is 3.80. The van der Waals surface area contributed by atoms with Gasteiger partial charge in [0.15, 0.2) is 0 Å². The normalized spacial score (nSPS) is 10.6. The van der Waals surface area contributed by atoms with Crippen LogP contribution in [0.2, 0.25) is 0 Å². The summed E-state index contributed by atoms with van der Waals surface area (Å²) in [4.78, 5) is 0. The van der Waals surface area contributed by atoms with Crippen LogP contribution in [-0.2, 0) is 6.42 Å². The number of aryl methyl sites for hydroxylation is 1. The van der Waals surface area contributed by atoms with Crippen LogP contribution in [0.25, 0.3) is 0 Å². The van der Waals surface area contributed by atoms with Crippen LogP contribution in [0.1, 0.15) is 37.8 Å². The minimum Gasteiger partial charge on any atom is -0.496 e. The van der Waals surface area contributed by atoms with Crippen LogP contribution in [0.15, 0.2) is 12.1 Å². The molecule has 1 rings (SSSR count). The number of benzene rings is 1. The molecule has 1 aromatic rings. The topological polar surface area (TPSA) is 35.2 Å². The first-order valence-electron chi connectivity index (χ1n) is 5.06. The number of methoxy groups -OCH3 is 1. The Kier molecular flexibility index (Phi) is 3.39. The molecule has 2 heteroatoms. The predicted molar refractivity (Wildman–Crippen MR) is 60.9 cm³/mol. The Balaban J connectivity index is 3.23. The van der Waals surface area contributed by atoms with Crippen LogP contribution in [0.3, 0.4) is 0 Å². The molecule has 0 unspecified atom stereocenters. The van der Waals surface area contributed by atoms with E-state index in [2.05, 4.69) is 26.8 Å². The smallest absolute Gasteiger partial charge is 0.122 e. The van der Waals surface area contributed by atoms with E-state index in [-0.39, 0.29) is 0 Å². The summed E-state index contributed by atoms with van der Waals surface area (Å²) in [5, 5.41) is 0. The van der Waals surface area contributed by atoms with Gasteiger partial charge in [-0.3, -0.25) is 0 Å². The molecule has 0 amide bonds. The Bertz CT molecular complexity index is 318. The summed E-state index contributed by atoms with van der Waals surface area (Å²) in [6.45, 7) is 6.37. The third-order valence-corrected chi connectivity index (χ3v) is 2.49. The quantitative estimate of drug-likeness (QED) is 0.749. The highest BCUT2D eigenvalue weighted by Crippen LogP contribution is 2.30. The first-order chi connectivity index (χ1) is 6.60. The number of nitrogens with two attached hydrogens (primary N) is 1. The summed E-state index contributed by atoms with van der Waals surface area (Å²) in [6, 6.07) is 4.08. The second kappa shape index (κ2) is 4.36. The Morgan fingerprint density at radius 3 is 2.43 bits per heavy atom. The van der Waals surface area contributed by atoms with Crippen molar-refractivity contribution in [1.82, 2.24) is 0 Å². The molecule has 2 N–H and O–H groups in total. The van der Waals surface area contributed by atoms with Crippen molar-refractivity contribution >= 4 is 5.69 Å². The maximum atomic E-state index is 5.97.